The molecule has 0 saturated heterocycles. The summed E-state index contributed by atoms with van der Waals surface area (Å²) in [5.74, 6) is 0.642. The molecule has 0 radical (unpaired) electrons. The van der Waals surface area contributed by atoms with E-state index in [0.29, 0.717) is 10.9 Å². The number of aryl methyl sites for hydroxylation is 1. The first-order valence-corrected chi connectivity index (χ1v) is 5.32. The Kier molecular flexibility index (Phi) is 1.68. The number of halogens is 1. The number of fused-ring (bicyclic) bond motifs is 1. The Bertz CT molecular complexity index is 543. The smallest absolute Gasteiger partial charge is 0.215 e. The van der Waals surface area contributed by atoms with Crippen LogP contribution in [-0.4, -0.2) is 4.98 Å². The molecule has 0 aliphatic heterocycles. The van der Waals surface area contributed by atoms with Crippen LogP contribution < -0.4 is 5.73 Å². The summed E-state index contributed by atoms with van der Waals surface area (Å²) in [6, 6.07) is 3.68. The summed E-state index contributed by atoms with van der Waals surface area (Å²) in [6.07, 6.45) is 1.90. The van der Waals surface area contributed by atoms with Gasteiger partial charge in [-0.2, -0.15) is 0 Å². The normalized spacial score (nSPS) is 18.3. The predicted molar refractivity (Wildman–Crippen MR) is 58.9 cm³/mol. The summed E-state index contributed by atoms with van der Waals surface area (Å²) < 4.78 is 5.69. The number of hydrogen-bond acceptors (Lipinski definition) is 3. The third kappa shape index (κ3) is 1.34. The van der Waals surface area contributed by atoms with E-state index in [0.717, 1.165) is 29.5 Å². The Morgan fingerprint density at radius 1 is 1.47 bits per heavy atom. The molecule has 1 aromatic heterocycles. The van der Waals surface area contributed by atoms with Crippen LogP contribution in [0.2, 0.25) is 5.02 Å². The van der Waals surface area contributed by atoms with E-state index in [9.17, 15) is 0 Å². The zero-order chi connectivity index (χ0) is 10.6. The van der Waals surface area contributed by atoms with Crippen molar-refractivity contribution in [3.05, 3.63) is 28.6 Å². The molecule has 1 heterocycles. The average Bonchev–Trinajstić information content (AvgIpc) is 2.77. The van der Waals surface area contributed by atoms with E-state index in [2.05, 4.69) is 4.98 Å². The van der Waals surface area contributed by atoms with Gasteiger partial charge in [-0.3, -0.25) is 0 Å². The van der Waals surface area contributed by atoms with Crippen molar-refractivity contribution in [3.8, 4) is 0 Å². The quantitative estimate of drug-likeness (QED) is 0.807. The number of nitrogens with two attached hydrogens (primary N) is 1. The van der Waals surface area contributed by atoms with Crippen molar-refractivity contribution in [1.82, 2.24) is 4.98 Å². The number of benzene rings is 1. The molecule has 4 heteroatoms. The van der Waals surface area contributed by atoms with Gasteiger partial charge in [-0.05, 0) is 37.5 Å². The van der Waals surface area contributed by atoms with Gasteiger partial charge in [-0.1, -0.05) is 11.6 Å². The highest BCUT2D eigenvalue weighted by Crippen LogP contribution is 2.43. The molecule has 2 N–H and O–H groups in total. The van der Waals surface area contributed by atoms with Gasteiger partial charge in [0.2, 0.25) is 5.89 Å². The summed E-state index contributed by atoms with van der Waals surface area (Å²) in [7, 11) is 0. The molecule has 1 saturated carbocycles. The van der Waals surface area contributed by atoms with Gasteiger partial charge in [0.25, 0.3) is 0 Å². The zero-order valence-corrected chi connectivity index (χ0v) is 9.14. The van der Waals surface area contributed by atoms with Crippen molar-refractivity contribution in [1.29, 1.82) is 0 Å². The van der Waals surface area contributed by atoms with E-state index in [-0.39, 0.29) is 5.54 Å². The van der Waals surface area contributed by atoms with Gasteiger partial charge in [0, 0.05) is 5.02 Å². The third-order valence-electron chi connectivity index (χ3n) is 2.86. The highest BCUT2D eigenvalue weighted by molar-refractivity contribution is 6.31. The number of oxazole rings is 1. The molecule has 1 aliphatic carbocycles. The van der Waals surface area contributed by atoms with Crippen molar-refractivity contribution in [2.24, 2.45) is 5.73 Å². The van der Waals surface area contributed by atoms with Gasteiger partial charge in [-0.25, -0.2) is 4.98 Å². The number of aromatic nitrogens is 1. The summed E-state index contributed by atoms with van der Waals surface area (Å²) in [5, 5.41) is 0.682. The maximum absolute atomic E-state index is 6.03. The SMILES string of the molecule is Cc1cc(Cl)cc2nc(C3(N)CC3)oc12. The van der Waals surface area contributed by atoms with Crippen LogP contribution in [0.1, 0.15) is 24.3 Å². The third-order valence-corrected chi connectivity index (χ3v) is 3.07. The van der Waals surface area contributed by atoms with E-state index in [1.54, 1.807) is 0 Å². The van der Waals surface area contributed by atoms with Crippen LogP contribution in [0.15, 0.2) is 16.5 Å². The minimum absolute atomic E-state index is 0.321. The van der Waals surface area contributed by atoms with E-state index in [1.165, 1.54) is 0 Å². The minimum Gasteiger partial charge on any atom is -0.438 e. The number of rotatable bonds is 1. The number of nitrogens with zero attached hydrogens (tertiary/aromatic N) is 1. The van der Waals surface area contributed by atoms with Crippen LogP contribution in [0.4, 0.5) is 0 Å². The molecule has 0 amide bonds. The first-order chi connectivity index (χ1) is 7.08. The first kappa shape index (κ1) is 9.19. The average molecular weight is 223 g/mol. The molecule has 78 valence electrons. The Hall–Kier alpha value is -1.06. The summed E-state index contributed by atoms with van der Waals surface area (Å²) >= 11 is 5.95. The molecule has 3 rings (SSSR count). The fourth-order valence-corrected chi connectivity index (χ4v) is 1.99. The van der Waals surface area contributed by atoms with Gasteiger partial charge in [0.1, 0.15) is 5.52 Å². The van der Waals surface area contributed by atoms with Gasteiger partial charge in [-0.15, -0.1) is 0 Å². The van der Waals surface area contributed by atoms with Crippen molar-refractivity contribution >= 4 is 22.7 Å². The molecule has 1 aromatic carbocycles. The first-order valence-electron chi connectivity index (χ1n) is 4.94. The molecular weight excluding hydrogens is 212 g/mol. The van der Waals surface area contributed by atoms with Crippen LogP contribution in [0.3, 0.4) is 0 Å². The predicted octanol–water partition coefficient (Wildman–Crippen LogP) is 2.74. The Morgan fingerprint density at radius 3 is 2.87 bits per heavy atom. The van der Waals surface area contributed by atoms with Gasteiger partial charge in [0.15, 0.2) is 5.58 Å². The lowest BCUT2D eigenvalue weighted by Crippen LogP contribution is -2.18. The second-order valence-electron chi connectivity index (χ2n) is 4.25. The number of hydrogen-bond donors (Lipinski definition) is 1. The molecular formula is C11H11ClN2O. The lowest BCUT2D eigenvalue weighted by Gasteiger charge is -1.99. The highest BCUT2D eigenvalue weighted by atomic mass is 35.5. The van der Waals surface area contributed by atoms with Crippen LogP contribution in [0, 0.1) is 6.92 Å². The van der Waals surface area contributed by atoms with Gasteiger partial charge < -0.3 is 10.2 Å². The maximum Gasteiger partial charge on any atom is 0.215 e. The maximum atomic E-state index is 6.03. The second-order valence-corrected chi connectivity index (χ2v) is 4.68. The summed E-state index contributed by atoms with van der Waals surface area (Å²) in [6.45, 7) is 1.96. The zero-order valence-electron chi connectivity index (χ0n) is 8.38. The monoisotopic (exact) mass is 222 g/mol. The van der Waals surface area contributed by atoms with Gasteiger partial charge >= 0.3 is 0 Å². The summed E-state index contributed by atoms with van der Waals surface area (Å²) in [5.41, 5.74) is 8.30. The second kappa shape index (κ2) is 2.74. The standard InChI is InChI=1S/C11H11ClN2O/c1-6-4-7(12)5-8-9(6)15-10(14-8)11(13)2-3-11/h4-5H,2-3,13H2,1H3. The Labute approximate surface area is 92.2 Å². The highest BCUT2D eigenvalue weighted by Gasteiger charge is 2.45. The van der Waals surface area contributed by atoms with Crippen molar-refractivity contribution < 1.29 is 4.42 Å². The molecule has 1 aliphatic rings. The van der Waals surface area contributed by atoms with E-state index >= 15 is 0 Å². The van der Waals surface area contributed by atoms with Crippen molar-refractivity contribution in [2.75, 3.05) is 0 Å². The molecule has 15 heavy (non-hydrogen) atoms. The molecule has 3 nitrogen and oxygen atoms in total. The van der Waals surface area contributed by atoms with Crippen LogP contribution in [0.5, 0.6) is 0 Å². The Morgan fingerprint density at radius 2 is 2.20 bits per heavy atom. The molecule has 1 fully saturated rings. The van der Waals surface area contributed by atoms with E-state index in [1.807, 2.05) is 19.1 Å². The van der Waals surface area contributed by atoms with E-state index < -0.39 is 0 Å². The van der Waals surface area contributed by atoms with E-state index in [4.69, 9.17) is 21.8 Å². The fourth-order valence-electron chi connectivity index (χ4n) is 1.72. The lowest BCUT2D eigenvalue weighted by molar-refractivity contribution is 0.464. The molecule has 0 bridgehead atoms. The molecule has 0 unspecified atom stereocenters. The molecule has 0 spiro atoms. The van der Waals surface area contributed by atoms with Crippen LogP contribution in [-0.2, 0) is 5.54 Å². The minimum atomic E-state index is -0.321. The molecule has 0 atom stereocenters. The van der Waals surface area contributed by atoms with Gasteiger partial charge in [0.05, 0.1) is 5.54 Å². The van der Waals surface area contributed by atoms with Crippen molar-refractivity contribution in [2.45, 2.75) is 25.3 Å². The lowest BCUT2D eigenvalue weighted by atomic mass is 10.2. The molecule has 2 aromatic rings. The summed E-state index contributed by atoms with van der Waals surface area (Å²) in [4.78, 5) is 4.39. The van der Waals surface area contributed by atoms with Crippen molar-refractivity contribution in [3.63, 3.8) is 0 Å². The largest absolute Gasteiger partial charge is 0.438 e. The topological polar surface area (TPSA) is 52.0 Å². The van der Waals surface area contributed by atoms with Crippen LogP contribution >= 0.6 is 11.6 Å². The van der Waals surface area contributed by atoms with Crippen LogP contribution in [0.25, 0.3) is 11.1 Å². The fraction of sp³-hybridized carbons (Fsp3) is 0.364. The Balaban J connectivity index is 2.25.